The van der Waals surface area contributed by atoms with Gasteiger partial charge in [0.2, 0.25) is 5.91 Å². The van der Waals surface area contributed by atoms with Gasteiger partial charge in [0.25, 0.3) is 0 Å². The third-order valence-corrected chi connectivity index (χ3v) is 2.19. The molecule has 0 atom stereocenters. The minimum absolute atomic E-state index is 0.332. The highest BCUT2D eigenvalue weighted by molar-refractivity contribution is 5.92. The van der Waals surface area contributed by atoms with E-state index in [1.807, 2.05) is 19.1 Å². The Morgan fingerprint density at radius 3 is 2.13 bits per heavy atom. The molecular formula is C12H22N2O. The Hall–Kier alpha value is -1.09. The molecule has 0 radical (unpaired) electrons. The zero-order chi connectivity index (χ0) is 11.7. The van der Waals surface area contributed by atoms with Gasteiger partial charge in [-0.25, -0.2) is 0 Å². The zero-order valence-electron chi connectivity index (χ0n) is 9.75. The van der Waals surface area contributed by atoms with Gasteiger partial charge >= 0.3 is 0 Å². The standard InChI is InChI=1S/C12H22N2O/c1-3-5-10(9-13)7-8-11(6-4-2)12(14)15/h7-8H,3-6,9,13H2,1-2H3,(H2,14,15). The Morgan fingerprint density at radius 2 is 1.73 bits per heavy atom. The fourth-order valence-electron chi connectivity index (χ4n) is 1.35. The molecule has 1 amide bonds. The Kier molecular flexibility index (Phi) is 7.64. The second-order valence-corrected chi connectivity index (χ2v) is 3.59. The van der Waals surface area contributed by atoms with E-state index in [0.29, 0.717) is 12.1 Å². The first-order valence-corrected chi connectivity index (χ1v) is 5.54. The van der Waals surface area contributed by atoms with Crippen molar-refractivity contribution in [2.24, 2.45) is 11.5 Å². The molecule has 0 aromatic heterocycles. The topological polar surface area (TPSA) is 69.1 Å². The molecule has 0 heterocycles. The molecule has 0 rings (SSSR count). The predicted molar refractivity (Wildman–Crippen MR) is 64.2 cm³/mol. The number of hydrogen-bond donors (Lipinski definition) is 2. The highest BCUT2D eigenvalue weighted by Crippen LogP contribution is 2.08. The molecule has 3 heteroatoms. The Labute approximate surface area is 92.2 Å². The maximum atomic E-state index is 11.0. The second kappa shape index (κ2) is 8.24. The minimum atomic E-state index is -0.332. The van der Waals surface area contributed by atoms with Gasteiger partial charge in [0.15, 0.2) is 0 Å². The fraction of sp³-hybridized carbons (Fsp3) is 0.583. The number of allylic oxidation sites excluding steroid dienone is 2. The molecule has 0 bridgehead atoms. The number of carbonyl (C=O) groups is 1. The van der Waals surface area contributed by atoms with E-state index in [2.05, 4.69) is 6.92 Å². The third-order valence-electron chi connectivity index (χ3n) is 2.19. The summed E-state index contributed by atoms with van der Waals surface area (Å²) in [5, 5.41) is 0. The lowest BCUT2D eigenvalue weighted by Crippen LogP contribution is -2.13. The molecule has 0 aliphatic heterocycles. The molecule has 0 spiro atoms. The van der Waals surface area contributed by atoms with Crippen molar-refractivity contribution < 1.29 is 4.79 Å². The number of amides is 1. The summed E-state index contributed by atoms with van der Waals surface area (Å²) < 4.78 is 0. The van der Waals surface area contributed by atoms with E-state index in [0.717, 1.165) is 31.3 Å². The van der Waals surface area contributed by atoms with Gasteiger partial charge in [-0.2, -0.15) is 0 Å². The summed E-state index contributed by atoms with van der Waals surface area (Å²) in [7, 11) is 0. The molecule has 0 saturated heterocycles. The summed E-state index contributed by atoms with van der Waals surface area (Å²) >= 11 is 0. The summed E-state index contributed by atoms with van der Waals surface area (Å²) in [5.74, 6) is -0.332. The first-order chi connectivity index (χ1) is 7.15. The molecule has 4 N–H and O–H groups in total. The van der Waals surface area contributed by atoms with E-state index >= 15 is 0 Å². The zero-order valence-corrected chi connectivity index (χ0v) is 9.75. The molecule has 0 aliphatic carbocycles. The van der Waals surface area contributed by atoms with Crippen LogP contribution in [0.5, 0.6) is 0 Å². The summed E-state index contributed by atoms with van der Waals surface area (Å²) in [5.41, 5.74) is 12.7. The summed E-state index contributed by atoms with van der Waals surface area (Å²) in [6.45, 7) is 4.67. The SMILES string of the molecule is CCCC(=CC=C(CCC)C(N)=O)CN. The molecular weight excluding hydrogens is 188 g/mol. The molecule has 0 aromatic carbocycles. The van der Waals surface area contributed by atoms with E-state index in [9.17, 15) is 4.79 Å². The Bertz CT molecular complexity index is 254. The lowest BCUT2D eigenvalue weighted by Gasteiger charge is -2.02. The average Bonchev–Trinajstić information content (AvgIpc) is 2.21. The highest BCUT2D eigenvalue weighted by Gasteiger charge is 2.01. The summed E-state index contributed by atoms with van der Waals surface area (Å²) in [6.07, 6.45) is 7.44. The minimum Gasteiger partial charge on any atom is -0.366 e. The normalized spacial score (nSPS) is 13.0. The van der Waals surface area contributed by atoms with Crippen LogP contribution >= 0.6 is 0 Å². The molecule has 86 valence electrons. The van der Waals surface area contributed by atoms with E-state index in [4.69, 9.17) is 11.5 Å². The van der Waals surface area contributed by atoms with E-state index in [1.54, 1.807) is 0 Å². The number of carbonyl (C=O) groups excluding carboxylic acids is 1. The average molecular weight is 210 g/mol. The quantitative estimate of drug-likeness (QED) is 0.497. The number of primary amides is 1. The van der Waals surface area contributed by atoms with Gasteiger partial charge < -0.3 is 11.5 Å². The molecule has 0 saturated carbocycles. The van der Waals surface area contributed by atoms with Gasteiger partial charge in [0.1, 0.15) is 0 Å². The van der Waals surface area contributed by atoms with Crippen molar-refractivity contribution in [3.63, 3.8) is 0 Å². The number of nitrogens with two attached hydrogens (primary N) is 2. The first-order valence-electron chi connectivity index (χ1n) is 5.54. The summed E-state index contributed by atoms with van der Waals surface area (Å²) in [4.78, 5) is 11.0. The van der Waals surface area contributed by atoms with Crippen LogP contribution in [-0.2, 0) is 4.79 Å². The van der Waals surface area contributed by atoms with Crippen molar-refractivity contribution in [2.75, 3.05) is 6.54 Å². The van der Waals surface area contributed by atoms with Crippen LogP contribution in [0.15, 0.2) is 23.3 Å². The highest BCUT2D eigenvalue weighted by atomic mass is 16.1. The van der Waals surface area contributed by atoms with Crippen molar-refractivity contribution in [2.45, 2.75) is 39.5 Å². The van der Waals surface area contributed by atoms with Crippen LogP contribution in [0.4, 0.5) is 0 Å². The Morgan fingerprint density at radius 1 is 1.13 bits per heavy atom. The van der Waals surface area contributed by atoms with Gasteiger partial charge in [0, 0.05) is 12.1 Å². The molecule has 0 unspecified atom stereocenters. The largest absolute Gasteiger partial charge is 0.366 e. The summed E-state index contributed by atoms with van der Waals surface area (Å²) in [6, 6.07) is 0. The third kappa shape index (κ3) is 6.07. The second-order valence-electron chi connectivity index (χ2n) is 3.59. The monoisotopic (exact) mass is 210 g/mol. The number of hydrogen-bond acceptors (Lipinski definition) is 2. The first kappa shape index (κ1) is 13.9. The van der Waals surface area contributed by atoms with Crippen molar-refractivity contribution in [3.8, 4) is 0 Å². The van der Waals surface area contributed by atoms with Crippen LogP contribution in [0.25, 0.3) is 0 Å². The van der Waals surface area contributed by atoms with E-state index in [-0.39, 0.29) is 5.91 Å². The smallest absolute Gasteiger partial charge is 0.244 e. The van der Waals surface area contributed by atoms with Crippen LogP contribution in [0.1, 0.15) is 39.5 Å². The lowest BCUT2D eigenvalue weighted by molar-refractivity contribution is -0.114. The molecule has 0 aliphatic rings. The van der Waals surface area contributed by atoms with Gasteiger partial charge in [0.05, 0.1) is 0 Å². The lowest BCUT2D eigenvalue weighted by atomic mass is 10.1. The van der Waals surface area contributed by atoms with Crippen LogP contribution in [0.3, 0.4) is 0 Å². The van der Waals surface area contributed by atoms with Crippen LogP contribution in [0, 0.1) is 0 Å². The van der Waals surface area contributed by atoms with Crippen LogP contribution in [-0.4, -0.2) is 12.5 Å². The maximum Gasteiger partial charge on any atom is 0.244 e. The van der Waals surface area contributed by atoms with E-state index in [1.165, 1.54) is 0 Å². The van der Waals surface area contributed by atoms with Gasteiger partial charge in [-0.1, -0.05) is 44.4 Å². The molecule has 3 nitrogen and oxygen atoms in total. The van der Waals surface area contributed by atoms with Crippen LogP contribution in [0.2, 0.25) is 0 Å². The van der Waals surface area contributed by atoms with Crippen molar-refractivity contribution in [1.82, 2.24) is 0 Å². The van der Waals surface area contributed by atoms with Crippen molar-refractivity contribution >= 4 is 5.91 Å². The number of rotatable bonds is 7. The Balaban J connectivity index is 4.58. The van der Waals surface area contributed by atoms with Gasteiger partial charge in [-0.15, -0.1) is 0 Å². The van der Waals surface area contributed by atoms with Gasteiger partial charge in [-0.05, 0) is 12.8 Å². The molecule has 0 fully saturated rings. The molecule has 15 heavy (non-hydrogen) atoms. The van der Waals surface area contributed by atoms with E-state index < -0.39 is 0 Å². The van der Waals surface area contributed by atoms with Crippen LogP contribution < -0.4 is 11.5 Å². The van der Waals surface area contributed by atoms with Gasteiger partial charge in [-0.3, -0.25) is 4.79 Å². The molecule has 0 aromatic rings. The predicted octanol–water partition coefficient (Wildman–Crippen LogP) is 1.88. The van der Waals surface area contributed by atoms with Crippen molar-refractivity contribution in [1.29, 1.82) is 0 Å². The maximum absolute atomic E-state index is 11.0. The fourth-order valence-corrected chi connectivity index (χ4v) is 1.35. The van der Waals surface area contributed by atoms with Crippen molar-refractivity contribution in [3.05, 3.63) is 23.3 Å².